The Labute approximate surface area is 130 Å². The van der Waals surface area contributed by atoms with Gasteiger partial charge in [-0.15, -0.1) is 0 Å². The van der Waals surface area contributed by atoms with Crippen LogP contribution in [0.5, 0.6) is 0 Å². The minimum absolute atomic E-state index is 0.00198. The number of hydrogen-bond acceptors (Lipinski definition) is 5. The van der Waals surface area contributed by atoms with Gasteiger partial charge in [-0.1, -0.05) is 5.16 Å². The average molecular weight is 315 g/mol. The zero-order valence-corrected chi connectivity index (χ0v) is 12.5. The predicted molar refractivity (Wildman–Crippen MR) is 78.8 cm³/mol. The molecule has 1 atom stereocenters. The van der Waals surface area contributed by atoms with E-state index in [9.17, 15) is 9.18 Å². The van der Waals surface area contributed by atoms with Crippen molar-refractivity contribution < 1.29 is 18.1 Å². The number of amides is 1. The van der Waals surface area contributed by atoms with Crippen LogP contribution >= 0.6 is 0 Å². The maximum absolute atomic E-state index is 13.7. The molecule has 1 saturated heterocycles. The molecule has 0 N–H and O–H groups in total. The van der Waals surface area contributed by atoms with E-state index in [-0.39, 0.29) is 17.5 Å². The van der Waals surface area contributed by atoms with Gasteiger partial charge in [-0.25, -0.2) is 4.39 Å². The summed E-state index contributed by atoms with van der Waals surface area (Å²) in [6.07, 6.45) is 3.14. The monoisotopic (exact) mass is 315 g/mol. The summed E-state index contributed by atoms with van der Waals surface area (Å²) >= 11 is 0. The summed E-state index contributed by atoms with van der Waals surface area (Å²) in [5.41, 5.74) is 0.773. The molecule has 4 rings (SSSR count). The van der Waals surface area contributed by atoms with Crippen LogP contribution in [0.3, 0.4) is 0 Å². The molecule has 2 aromatic heterocycles. The molecule has 0 radical (unpaired) electrons. The number of likely N-dealkylation sites (tertiary alicyclic amines) is 1. The Morgan fingerprint density at radius 3 is 3.09 bits per heavy atom. The Kier molecular flexibility index (Phi) is 3.14. The second-order valence-electron chi connectivity index (χ2n) is 5.59. The highest BCUT2D eigenvalue weighted by Crippen LogP contribution is 2.34. The van der Waals surface area contributed by atoms with E-state index in [0.29, 0.717) is 29.2 Å². The van der Waals surface area contributed by atoms with Crippen molar-refractivity contribution in [3.05, 3.63) is 36.1 Å². The molecule has 118 valence electrons. The highest BCUT2D eigenvalue weighted by molar-refractivity contribution is 5.91. The Balaban J connectivity index is 1.74. The second kappa shape index (κ2) is 5.19. The fraction of sp³-hybridized carbons (Fsp3) is 0.312. The molecule has 1 fully saturated rings. The maximum atomic E-state index is 13.7. The number of fused-ring (bicyclic) bond motifs is 1. The fourth-order valence-electron chi connectivity index (χ4n) is 3.11. The van der Waals surface area contributed by atoms with Gasteiger partial charge in [-0.05, 0) is 31.0 Å². The summed E-state index contributed by atoms with van der Waals surface area (Å²) in [6, 6.07) is 4.39. The third-order valence-electron chi connectivity index (χ3n) is 4.20. The quantitative estimate of drug-likeness (QED) is 0.725. The number of aromatic nitrogens is 2. The summed E-state index contributed by atoms with van der Waals surface area (Å²) in [5, 5.41) is 4.60. The molecule has 1 aliphatic heterocycles. The molecular formula is C16H14FN3O3. The van der Waals surface area contributed by atoms with Crippen LogP contribution < -0.4 is 0 Å². The van der Waals surface area contributed by atoms with E-state index < -0.39 is 5.82 Å². The lowest BCUT2D eigenvalue weighted by atomic mass is 10.1. The molecule has 1 amide bonds. The van der Waals surface area contributed by atoms with E-state index in [1.54, 1.807) is 17.0 Å². The topological polar surface area (TPSA) is 72.4 Å². The largest absolute Gasteiger partial charge is 0.461 e. The highest BCUT2D eigenvalue weighted by Gasteiger charge is 2.32. The highest BCUT2D eigenvalue weighted by atomic mass is 19.1. The van der Waals surface area contributed by atoms with Crippen LogP contribution in [-0.2, 0) is 4.79 Å². The van der Waals surface area contributed by atoms with Gasteiger partial charge in [0.25, 0.3) is 5.89 Å². The number of carbonyl (C=O) groups excluding carboxylic acids is 1. The molecular weight excluding hydrogens is 301 g/mol. The van der Waals surface area contributed by atoms with Crippen molar-refractivity contribution in [1.29, 1.82) is 0 Å². The first-order valence-electron chi connectivity index (χ1n) is 7.42. The number of benzene rings is 1. The molecule has 3 heterocycles. The van der Waals surface area contributed by atoms with E-state index >= 15 is 0 Å². The van der Waals surface area contributed by atoms with Crippen LogP contribution in [0.15, 0.2) is 33.4 Å². The first-order valence-corrected chi connectivity index (χ1v) is 7.42. The first kappa shape index (κ1) is 13.9. The molecule has 7 heteroatoms. The van der Waals surface area contributed by atoms with Crippen LogP contribution in [0.1, 0.15) is 31.6 Å². The standard InChI is InChI=1S/C16H14FN3O3/c1-9(21)20-7-2-3-13(20)15-18-16(23-19-15)11-4-5-12(17)14-10(11)6-8-22-14/h4-6,8,13H,2-3,7H2,1H3. The lowest BCUT2D eigenvalue weighted by Crippen LogP contribution is -2.28. The van der Waals surface area contributed by atoms with Crippen molar-refractivity contribution in [2.45, 2.75) is 25.8 Å². The zero-order valence-electron chi connectivity index (χ0n) is 12.5. The summed E-state index contributed by atoms with van der Waals surface area (Å²) in [4.78, 5) is 17.8. The van der Waals surface area contributed by atoms with E-state index in [2.05, 4.69) is 10.1 Å². The van der Waals surface area contributed by atoms with Gasteiger partial charge in [0.2, 0.25) is 5.91 Å². The minimum atomic E-state index is -0.438. The molecule has 0 spiro atoms. The van der Waals surface area contributed by atoms with Crippen molar-refractivity contribution in [3.8, 4) is 11.5 Å². The zero-order chi connectivity index (χ0) is 16.0. The molecule has 0 bridgehead atoms. The van der Waals surface area contributed by atoms with Gasteiger partial charge in [-0.3, -0.25) is 4.79 Å². The van der Waals surface area contributed by atoms with Crippen molar-refractivity contribution in [2.75, 3.05) is 6.54 Å². The van der Waals surface area contributed by atoms with Gasteiger partial charge in [0.1, 0.15) is 0 Å². The van der Waals surface area contributed by atoms with Gasteiger partial charge in [0.15, 0.2) is 17.2 Å². The summed E-state index contributed by atoms with van der Waals surface area (Å²) in [6.45, 7) is 2.24. The number of halogens is 1. The molecule has 1 aromatic carbocycles. The number of furan rings is 1. The Bertz CT molecular complexity index is 886. The van der Waals surface area contributed by atoms with E-state index in [0.717, 1.165) is 12.8 Å². The predicted octanol–water partition coefficient (Wildman–Crippen LogP) is 3.31. The van der Waals surface area contributed by atoms with Gasteiger partial charge in [0.05, 0.1) is 17.9 Å². The van der Waals surface area contributed by atoms with Crippen LogP contribution in [-0.4, -0.2) is 27.5 Å². The molecule has 1 aliphatic rings. The maximum Gasteiger partial charge on any atom is 0.258 e. The van der Waals surface area contributed by atoms with Crippen LogP contribution in [0, 0.1) is 5.82 Å². The van der Waals surface area contributed by atoms with Crippen molar-refractivity contribution in [2.24, 2.45) is 0 Å². The van der Waals surface area contributed by atoms with Crippen molar-refractivity contribution in [3.63, 3.8) is 0 Å². The van der Waals surface area contributed by atoms with Gasteiger partial charge in [-0.2, -0.15) is 4.98 Å². The number of rotatable bonds is 2. The number of nitrogens with zero attached hydrogens (tertiary/aromatic N) is 3. The lowest BCUT2D eigenvalue weighted by Gasteiger charge is -2.19. The average Bonchev–Trinajstić information content (AvgIpc) is 3.27. The second-order valence-corrected chi connectivity index (χ2v) is 5.59. The number of carbonyl (C=O) groups is 1. The third-order valence-corrected chi connectivity index (χ3v) is 4.20. The van der Waals surface area contributed by atoms with Gasteiger partial charge >= 0.3 is 0 Å². The minimum Gasteiger partial charge on any atom is -0.461 e. The number of hydrogen-bond donors (Lipinski definition) is 0. The first-order chi connectivity index (χ1) is 11.1. The summed E-state index contributed by atoms with van der Waals surface area (Å²) in [5.74, 6) is 0.334. The van der Waals surface area contributed by atoms with Crippen LogP contribution in [0.4, 0.5) is 4.39 Å². The Hall–Kier alpha value is -2.70. The van der Waals surface area contributed by atoms with Crippen LogP contribution in [0.25, 0.3) is 22.4 Å². The SMILES string of the molecule is CC(=O)N1CCCC1c1noc(-c2ccc(F)c3occc23)n1. The summed E-state index contributed by atoms with van der Waals surface area (Å²) in [7, 11) is 0. The molecule has 3 aromatic rings. The Morgan fingerprint density at radius 1 is 1.39 bits per heavy atom. The molecule has 6 nitrogen and oxygen atoms in total. The molecule has 0 aliphatic carbocycles. The molecule has 23 heavy (non-hydrogen) atoms. The van der Waals surface area contributed by atoms with E-state index in [1.165, 1.54) is 19.3 Å². The van der Waals surface area contributed by atoms with Gasteiger partial charge < -0.3 is 13.8 Å². The van der Waals surface area contributed by atoms with E-state index in [1.807, 2.05) is 0 Å². The molecule has 0 saturated carbocycles. The fourth-order valence-corrected chi connectivity index (χ4v) is 3.11. The summed E-state index contributed by atoms with van der Waals surface area (Å²) < 4.78 is 24.2. The Morgan fingerprint density at radius 2 is 2.26 bits per heavy atom. The normalized spacial score (nSPS) is 18.0. The lowest BCUT2D eigenvalue weighted by molar-refractivity contribution is -0.129. The van der Waals surface area contributed by atoms with E-state index in [4.69, 9.17) is 8.94 Å². The van der Waals surface area contributed by atoms with Gasteiger partial charge in [0, 0.05) is 18.9 Å². The molecule has 1 unspecified atom stereocenters. The van der Waals surface area contributed by atoms with Crippen LogP contribution in [0.2, 0.25) is 0 Å². The van der Waals surface area contributed by atoms with Crippen molar-refractivity contribution in [1.82, 2.24) is 15.0 Å². The van der Waals surface area contributed by atoms with Crippen molar-refractivity contribution >= 4 is 16.9 Å². The third kappa shape index (κ3) is 2.19. The smallest absolute Gasteiger partial charge is 0.258 e.